The first kappa shape index (κ1) is 15.0. The summed E-state index contributed by atoms with van der Waals surface area (Å²) >= 11 is 3.48. The van der Waals surface area contributed by atoms with E-state index in [1.165, 1.54) is 0 Å². The van der Waals surface area contributed by atoms with Crippen molar-refractivity contribution in [2.24, 2.45) is 0 Å². The Morgan fingerprint density at radius 1 is 1.20 bits per heavy atom. The van der Waals surface area contributed by atoms with Crippen molar-refractivity contribution in [1.82, 2.24) is 10.1 Å². The van der Waals surface area contributed by atoms with Crippen molar-refractivity contribution in [3.8, 4) is 5.75 Å². The lowest BCUT2D eigenvalue weighted by Crippen LogP contribution is -2.00. The maximum absolute atomic E-state index is 5.82. The molecule has 1 heterocycles. The SMILES string of the molecule is CC(C)c1noc(COc2ccc(Br)cc2C(C)C)n1. The minimum Gasteiger partial charge on any atom is -0.483 e. The first-order valence-electron chi connectivity index (χ1n) is 6.72. The Morgan fingerprint density at radius 3 is 2.55 bits per heavy atom. The molecular weight excluding hydrogens is 320 g/mol. The summed E-state index contributed by atoms with van der Waals surface area (Å²) in [6.45, 7) is 8.62. The van der Waals surface area contributed by atoms with E-state index in [9.17, 15) is 0 Å². The highest BCUT2D eigenvalue weighted by molar-refractivity contribution is 9.10. The van der Waals surface area contributed by atoms with Gasteiger partial charge in [-0.1, -0.05) is 48.8 Å². The van der Waals surface area contributed by atoms with E-state index in [-0.39, 0.29) is 5.92 Å². The molecule has 108 valence electrons. The number of hydrogen-bond donors (Lipinski definition) is 0. The zero-order chi connectivity index (χ0) is 14.7. The van der Waals surface area contributed by atoms with Crippen molar-refractivity contribution in [2.45, 2.75) is 46.1 Å². The monoisotopic (exact) mass is 338 g/mol. The molecule has 0 saturated carbocycles. The Morgan fingerprint density at radius 2 is 1.95 bits per heavy atom. The van der Waals surface area contributed by atoms with Crippen molar-refractivity contribution in [3.63, 3.8) is 0 Å². The minimum atomic E-state index is 0.256. The molecule has 0 spiro atoms. The molecule has 1 aromatic heterocycles. The zero-order valence-corrected chi connectivity index (χ0v) is 13.8. The largest absolute Gasteiger partial charge is 0.483 e. The summed E-state index contributed by atoms with van der Waals surface area (Å²) in [5.41, 5.74) is 1.16. The van der Waals surface area contributed by atoms with Crippen LogP contribution in [0.25, 0.3) is 0 Å². The van der Waals surface area contributed by atoms with Crippen LogP contribution in [0.2, 0.25) is 0 Å². The molecule has 2 aromatic rings. The Hall–Kier alpha value is -1.36. The fourth-order valence-corrected chi connectivity index (χ4v) is 2.18. The van der Waals surface area contributed by atoms with E-state index >= 15 is 0 Å². The zero-order valence-electron chi connectivity index (χ0n) is 12.2. The van der Waals surface area contributed by atoms with Crippen LogP contribution in [0.1, 0.15) is 56.8 Å². The van der Waals surface area contributed by atoms with Gasteiger partial charge in [-0.25, -0.2) is 0 Å². The van der Waals surface area contributed by atoms with Crippen LogP contribution in [0, 0.1) is 0 Å². The van der Waals surface area contributed by atoms with Crippen molar-refractivity contribution in [2.75, 3.05) is 0 Å². The van der Waals surface area contributed by atoms with Gasteiger partial charge in [0.25, 0.3) is 5.89 Å². The third kappa shape index (κ3) is 3.60. The van der Waals surface area contributed by atoms with E-state index in [2.05, 4.69) is 46.0 Å². The minimum absolute atomic E-state index is 0.256. The molecule has 0 bridgehead atoms. The predicted molar refractivity (Wildman–Crippen MR) is 81.0 cm³/mol. The van der Waals surface area contributed by atoms with Gasteiger partial charge in [0.15, 0.2) is 12.4 Å². The summed E-state index contributed by atoms with van der Waals surface area (Å²) in [4.78, 5) is 4.30. The van der Waals surface area contributed by atoms with Crippen LogP contribution in [0.3, 0.4) is 0 Å². The van der Waals surface area contributed by atoms with Crippen molar-refractivity contribution >= 4 is 15.9 Å². The van der Waals surface area contributed by atoms with Crippen LogP contribution in [0.15, 0.2) is 27.2 Å². The molecule has 0 aliphatic carbocycles. The van der Waals surface area contributed by atoms with Gasteiger partial charge in [-0.2, -0.15) is 4.98 Å². The molecule has 0 atom stereocenters. The Kier molecular flexibility index (Phi) is 4.81. The number of halogens is 1. The number of rotatable bonds is 5. The van der Waals surface area contributed by atoms with Crippen molar-refractivity contribution in [3.05, 3.63) is 40.0 Å². The average Bonchev–Trinajstić information content (AvgIpc) is 2.86. The second kappa shape index (κ2) is 6.39. The Bertz CT molecular complexity index is 579. The lowest BCUT2D eigenvalue weighted by atomic mass is 10.0. The van der Waals surface area contributed by atoms with E-state index in [1.807, 2.05) is 26.0 Å². The molecular formula is C15H19BrN2O2. The second-order valence-corrected chi connectivity index (χ2v) is 6.24. The first-order chi connectivity index (χ1) is 9.47. The molecule has 5 heteroatoms. The van der Waals surface area contributed by atoms with Crippen LogP contribution in [-0.4, -0.2) is 10.1 Å². The maximum atomic E-state index is 5.82. The van der Waals surface area contributed by atoms with Gasteiger partial charge in [0, 0.05) is 10.4 Å². The van der Waals surface area contributed by atoms with Crippen molar-refractivity contribution < 1.29 is 9.26 Å². The summed E-state index contributed by atoms with van der Waals surface area (Å²) in [7, 11) is 0. The van der Waals surface area contributed by atoms with E-state index in [0.717, 1.165) is 15.8 Å². The molecule has 0 amide bonds. The quantitative estimate of drug-likeness (QED) is 0.795. The molecule has 2 rings (SSSR count). The van der Waals surface area contributed by atoms with E-state index < -0.39 is 0 Å². The normalized spacial score (nSPS) is 11.3. The van der Waals surface area contributed by atoms with Crippen molar-refractivity contribution in [1.29, 1.82) is 0 Å². The molecule has 0 N–H and O–H groups in total. The smallest absolute Gasteiger partial charge is 0.264 e. The lowest BCUT2D eigenvalue weighted by Gasteiger charge is -2.13. The van der Waals surface area contributed by atoms with Gasteiger partial charge in [0.05, 0.1) is 0 Å². The molecule has 0 fully saturated rings. The van der Waals surface area contributed by atoms with Gasteiger partial charge in [0.1, 0.15) is 5.75 Å². The van der Waals surface area contributed by atoms with Gasteiger partial charge in [-0.3, -0.25) is 0 Å². The molecule has 0 radical (unpaired) electrons. The van der Waals surface area contributed by atoms with Crippen LogP contribution in [-0.2, 0) is 6.61 Å². The van der Waals surface area contributed by atoms with E-state index in [1.54, 1.807) is 0 Å². The summed E-state index contributed by atoms with van der Waals surface area (Å²) in [5, 5.41) is 3.93. The standard InChI is InChI=1S/C15H19BrN2O2/c1-9(2)12-7-11(16)5-6-13(12)19-8-14-17-15(10(3)4)18-20-14/h5-7,9-10H,8H2,1-4H3. The van der Waals surface area contributed by atoms with Gasteiger partial charge in [0.2, 0.25) is 0 Å². The lowest BCUT2D eigenvalue weighted by molar-refractivity contribution is 0.240. The summed E-state index contributed by atoms with van der Waals surface area (Å²) in [5.74, 6) is 2.71. The number of benzene rings is 1. The molecule has 20 heavy (non-hydrogen) atoms. The third-order valence-corrected chi connectivity index (χ3v) is 3.44. The van der Waals surface area contributed by atoms with Gasteiger partial charge < -0.3 is 9.26 Å². The highest BCUT2D eigenvalue weighted by Crippen LogP contribution is 2.30. The summed E-state index contributed by atoms with van der Waals surface area (Å²) in [6, 6.07) is 6.00. The molecule has 0 unspecified atom stereocenters. The Balaban J connectivity index is 2.10. The van der Waals surface area contributed by atoms with Gasteiger partial charge >= 0.3 is 0 Å². The van der Waals surface area contributed by atoms with Crippen LogP contribution in [0.4, 0.5) is 0 Å². The molecule has 4 nitrogen and oxygen atoms in total. The highest BCUT2D eigenvalue weighted by atomic mass is 79.9. The topological polar surface area (TPSA) is 48.2 Å². The molecule has 0 saturated heterocycles. The average molecular weight is 339 g/mol. The maximum Gasteiger partial charge on any atom is 0.264 e. The highest BCUT2D eigenvalue weighted by Gasteiger charge is 2.12. The number of nitrogens with zero attached hydrogens (tertiary/aromatic N) is 2. The number of hydrogen-bond acceptors (Lipinski definition) is 4. The van der Waals surface area contributed by atoms with Crippen LogP contribution >= 0.6 is 15.9 Å². The molecule has 0 aliphatic rings. The number of ether oxygens (including phenoxy) is 1. The van der Waals surface area contributed by atoms with Crippen LogP contribution in [0.5, 0.6) is 5.75 Å². The number of aromatic nitrogens is 2. The molecule has 0 aliphatic heterocycles. The molecule has 1 aromatic carbocycles. The summed E-state index contributed by atoms with van der Waals surface area (Å²) < 4.78 is 12.0. The van der Waals surface area contributed by atoms with E-state index in [0.29, 0.717) is 24.2 Å². The van der Waals surface area contributed by atoms with Gasteiger partial charge in [-0.05, 0) is 29.7 Å². The fourth-order valence-electron chi connectivity index (χ4n) is 1.80. The first-order valence-corrected chi connectivity index (χ1v) is 7.51. The second-order valence-electron chi connectivity index (χ2n) is 5.33. The third-order valence-electron chi connectivity index (χ3n) is 2.95. The Labute approximate surface area is 127 Å². The van der Waals surface area contributed by atoms with E-state index in [4.69, 9.17) is 9.26 Å². The summed E-state index contributed by atoms with van der Waals surface area (Å²) in [6.07, 6.45) is 0. The van der Waals surface area contributed by atoms with Gasteiger partial charge in [-0.15, -0.1) is 0 Å². The fraction of sp³-hybridized carbons (Fsp3) is 0.467. The predicted octanol–water partition coefficient (Wildman–Crippen LogP) is 4.66. The van der Waals surface area contributed by atoms with Crippen LogP contribution < -0.4 is 4.74 Å².